The van der Waals surface area contributed by atoms with E-state index in [0.29, 0.717) is 6.42 Å². The molecule has 0 fully saturated rings. The zero-order chi connectivity index (χ0) is 11.7. The van der Waals surface area contributed by atoms with Crippen LogP contribution in [0.15, 0.2) is 22.7 Å². The van der Waals surface area contributed by atoms with Gasteiger partial charge in [0.25, 0.3) is 0 Å². The third-order valence-electron chi connectivity index (χ3n) is 2.69. The summed E-state index contributed by atoms with van der Waals surface area (Å²) in [6.07, 6.45) is 4.35. The summed E-state index contributed by atoms with van der Waals surface area (Å²) in [5, 5.41) is 0. The lowest BCUT2D eigenvalue weighted by molar-refractivity contribution is -0.118. The summed E-state index contributed by atoms with van der Waals surface area (Å²) in [4.78, 5) is 10.9. The molecule has 3 nitrogen and oxygen atoms in total. The van der Waals surface area contributed by atoms with Crippen LogP contribution in [0.4, 0.5) is 0 Å². The highest BCUT2D eigenvalue weighted by atomic mass is 79.9. The number of carbonyl (C=O) groups is 1. The van der Waals surface area contributed by atoms with Crippen molar-refractivity contribution in [3.63, 3.8) is 0 Å². The fraction of sp³-hybridized carbons (Fsp3) is 0.250. The van der Waals surface area contributed by atoms with Gasteiger partial charge < -0.3 is 10.5 Å². The summed E-state index contributed by atoms with van der Waals surface area (Å²) in [6, 6.07) is 3.94. The molecule has 0 saturated carbocycles. The van der Waals surface area contributed by atoms with Gasteiger partial charge in [0.15, 0.2) is 0 Å². The second kappa shape index (κ2) is 4.29. The molecule has 2 N–H and O–H groups in total. The highest BCUT2D eigenvalue weighted by Gasteiger charge is 2.20. The summed E-state index contributed by atoms with van der Waals surface area (Å²) >= 11 is 3.43. The molecule has 1 aromatic carbocycles. The van der Waals surface area contributed by atoms with Crippen LogP contribution in [0.25, 0.3) is 6.08 Å². The Bertz CT molecular complexity index is 468. The second-order valence-corrected chi connectivity index (χ2v) is 4.61. The maximum atomic E-state index is 10.9. The highest BCUT2D eigenvalue weighted by Crippen LogP contribution is 2.38. The van der Waals surface area contributed by atoms with Crippen LogP contribution in [0.3, 0.4) is 0 Å². The fourth-order valence-corrected chi connectivity index (χ4v) is 2.45. The van der Waals surface area contributed by atoms with Crippen molar-refractivity contribution in [1.29, 1.82) is 0 Å². The molecule has 16 heavy (non-hydrogen) atoms. The molecule has 1 atom stereocenters. The van der Waals surface area contributed by atoms with Crippen LogP contribution in [-0.4, -0.2) is 13.0 Å². The number of amides is 1. The van der Waals surface area contributed by atoms with E-state index in [-0.39, 0.29) is 11.8 Å². The zero-order valence-corrected chi connectivity index (χ0v) is 10.5. The van der Waals surface area contributed by atoms with Crippen molar-refractivity contribution in [2.45, 2.75) is 12.3 Å². The predicted molar refractivity (Wildman–Crippen MR) is 66.3 cm³/mol. The van der Waals surface area contributed by atoms with Crippen LogP contribution < -0.4 is 10.5 Å². The molecule has 0 saturated heterocycles. The number of ether oxygens (including phenoxy) is 1. The van der Waals surface area contributed by atoms with Crippen molar-refractivity contribution in [1.82, 2.24) is 0 Å². The number of benzene rings is 1. The first-order valence-corrected chi connectivity index (χ1v) is 5.75. The molecule has 1 aliphatic rings. The van der Waals surface area contributed by atoms with Gasteiger partial charge in [-0.2, -0.15) is 0 Å². The first-order valence-electron chi connectivity index (χ1n) is 4.95. The number of methoxy groups -OCH3 is 1. The van der Waals surface area contributed by atoms with Crippen LogP contribution in [-0.2, 0) is 4.79 Å². The van der Waals surface area contributed by atoms with Gasteiger partial charge in [0.2, 0.25) is 5.91 Å². The summed E-state index contributed by atoms with van der Waals surface area (Å²) in [5.41, 5.74) is 7.42. The molecule has 1 aromatic rings. The summed E-state index contributed by atoms with van der Waals surface area (Å²) in [7, 11) is 1.63. The molecule has 4 heteroatoms. The van der Waals surface area contributed by atoms with Gasteiger partial charge in [-0.25, -0.2) is 0 Å². The van der Waals surface area contributed by atoms with Gasteiger partial charge in [-0.3, -0.25) is 4.79 Å². The lowest BCUT2D eigenvalue weighted by Crippen LogP contribution is -2.13. The van der Waals surface area contributed by atoms with E-state index in [1.165, 1.54) is 0 Å². The zero-order valence-electron chi connectivity index (χ0n) is 8.87. The summed E-state index contributed by atoms with van der Waals surface area (Å²) < 4.78 is 6.11. The molecule has 1 aliphatic carbocycles. The Morgan fingerprint density at radius 3 is 2.94 bits per heavy atom. The number of halogens is 1. The van der Waals surface area contributed by atoms with Gasteiger partial charge in [0, 0.05) is 12.3 Å². The third kappa shape index (κ3) is 1.97. The van der Waals surface area contributed by atoms with E-state index < -0.39 is 0 Å². The molecule has 0 spiro atoms. The smallest absolute Gasteiger partial charge is 0.218 e. The van der Waals surface area contributed by atoms with Crippen molar-refractivity contribution in [3.8, 4) is 5.75 Å². The first-order chi connectivity index (χ1) is 7.61. The van der Waals surface area contributed by atoms with Crippen LogP contribution in [0.1, 0.15) is 23.5 Å². The molecule has 0 radical (unpaired) electrons. The maximum Gasteiger partial charge on any atom is 0.218 e. The highest BCUT2D eigenvalue weighted by molar-refractivity contribution is 9.10. The van der Waals surface area contributed by atoms with Gasteiger partial charge in [-0.05, 0) is 39.2 Å². The number of rotatable bonds is 3. The Morgan fingerprint density at radius 2 is 2.31 bits per heavy atom. The van der Waals surface area contributed by atoms with E-state index in [1.807, 2.05) is 24.3 Å². The average Bonchev–Trinajstić information content (AvgIpc) is 2.59. The van der Waals surface area contributed by atoms with Crippen molar-refractivity contribution in [2.75, 3.05) is 7.11 Å². The molecular formula is C12H12BrNO2. The molecular weight excluding hydrogens is 270 g/mol. The Kier molecular flexibility index (Phi) is 3.01. The van der Waals surface area contributed by atoms with Crippen molar-refractivity contribution in [3.05, 3.63) is 33.8 Å². The number of nitrogens with two attached hydrogens (primary N) is 1. The molecule has 1 amide bonds. The average molecular weight is 282 g/mol. The maximum absolute atomic E-state index is 10.9. The topological polar surface area (TPSA) is 52.3 Å². The summed E-state index contributed by atoms with van der Waals surface area (Å²) in [5.74, 6) is 0.604. The van der Waals surface area contributed by atoms with Gasteiger partial charge in [-0.15, -0.1) is 0 Å². The van der Waals surface area contributed by atoms with E-state index in [9.17, 15) is 4.79 Å². The van der Waals surface area contributed by atoms with Crippen LogP contribution in [0.5, 0.6) is 5.75 Å². The van der Waals surface area contributed by atoms with Gasteiger partial charge >= 0.3 is 0 Å². The summed E-state index contributed by atoms with van der Waals surface area (Å²) in [6.45, 7) is 0. The van der Waals surface area contributed by atoms with Gasteiger partial charge in [0.05, 0.1) is 11.6 Å². The normalized spacial score (nSPS) is 17.2. The first kappa shape index (κ1) is 11.2. The minimum atomic E-state index is -0.283. The third-order valence-corrected chi connectivity index (χ3v) is 3.31. The number of hydrogen-bond donors (Lipinski definition) is 1. The quantitative estimate of drug-likeness (QED) is 0.925. The molecule has 84 valence electrons. The second-order valence-electron chi connectivity index (χ2n) is 3.75. The Morgan fingerprint density at radius 1 is 1.56 bits per heavy atom. The minimum absolute atomic E-state index is 0.0923. The van der Waals surface area contributed by atoms with E-state index >= 15 is 0 Å². The van der Waals surface area contributed by atoms with Crippen molar-refractivity contribution in [2.24, 2.45) is 5.73 Å². The largest absolute Gasteiger partial charge is 0.496 e. The number of fused-ring (bicyclic) bond motifs is 1. The van der Waals surface area contributed by atoms with E-state index in [1.54, 1.807) is 7.11 Å². The van der Waals surface area contributed by atoms with E-state index in [0.717, 1.165) is 21.3 Å². The number of primary amides is 1. The van der Waals surface area contributed by atoms with E-state index in [4.69, 9.17) is 10.5 Å². The van der Waals surface area contributed by atoms with Crippen molar-refractivity contribution >= 4 is 27.9 Å². The fourth-order valence-electron chi connectivity index (χ4n) is 1.92. The number of allylic oxidation sites excluding steroid dienone is 1. The lowest BCUT2D eigenvalue weighted by Gasteiger charge is -2.11. The SMILES string of the molecule is COc1cc2c(cc1Br)C(CC(N)=O)C=C2. The van der Waals surface area contributed by atoms with Crippen LogP contribution in [0.2, 0.25) is 0 Å². The van der Waals surface area contributed by atoms with E-state index in [2.05, 4.69) is 15.9 Å². The van der Waals surface area contributed by atoms with Crippen LogP contribution in [0, 0.1) is 0 Å². The lowest BCUT2D eigenvalue weighted by atomic mass is 9.97. The molecule has 0 bridgehead atoms. The van der Waals surface area contributed by atoms with Gasteiger partial charge in [0.1, 0.15) is 5.75 Å². The monoisotopic (exact) mass is 281 g/mol. The standard InChI is InChI=1S/C12H12BrNO2/c1-16-11-4-7-2-3-8(5-12(14)15)9(7)6-10(11)13/h2-4,6,8H,5H2,1H3,(H2,14,15). The number of carbonyl (C=O) groups excluding carboxylic acids is 1. The molecule has 1 unspecified atom stereocenters. The minimum Gasteiger partial charge on any atom is -0.496 e. The molecule has 2 rings (SSSR count). The molecule has 0 heterocycles. The van der Waals surface area contributed by atoms with Crippen LogP contribution >= 0.6 is 15.9 Å². The Labute approximate surface area is 102 Å². The Hall–Kier alpha value is -1.29. The Balaban J connectivity index is 2.37. The molecule has 0 aromatic heterocycles. The van der Waals surface area contributed by atoms with Gasteiger partial charge in [-0.1, -0.05) is 12.2 Å². The van der Waals surface area contributed by atoms with Crippen molar-refractivity contribution < 1.29 is 9.53 Å². The molecule has 0 aliphatic heterocycles. The predicted octanol–water partition coefficient (Wildman–Crippen LogP) is 2.44. The number of hydrogen-bond acceptors (Lipinski definition) is 2.